The number of carbonyl (C=O) groups is 1. The van der Waals surface area contributed by atoms with Crippen LogP contribution in [0.25, 0.3) is 0 Å². The van der Waals surface area contributed by atoms with Crippen molar-refractivity contribution in [2.45, 2.75) is 90.0 Å². The second-order valence-electron chi connectivity index (χ2n) is 8.02. The Morgan fingerprint density at radius 1 is 0.966 bits per heavy atom. The van der Waals surface area contributed by atoms with Crippen LogP contribution < -0.4 is 20.1 Å². The van der Waals surface area contributed by atoms with Gasteiger partial charge in [0.1, 0.15) is 0 Å². The monoisotopic (exact) mass is 404 g/mol. The van der Waals surface area contributed by atoms with Crippen LogP contribution in [0.3, 0.4) is 0 Å². The van der Waals surface area contributed by atoms with E-state index in [1.165, 1.54) is 57.8 Å². The molecule has 0 atom stereocenters. The first kappa shape index (κ1) is 23.4. The van der Waals surface area contributed by atoms with Crippen molar-refractivity contribution >= 4 is 6.03 Å². The van der Waals surface area contributed by atoms with E-state index >= 15 is 0 Å². The molecular formula is C24H40N2O3. The normalized spacial score (nSPS) is 16.9. The molecule has 0 saturated heterocycles. The summed E-state index contributed by atoms with van der Waals surface area (Å²) in [5.41, 5.74) is 1.12. The lowest BCUT2D eigenvalue weighted by molar-refractivity contribution is 0.234. The van der Waals surface area contributed by atoms with Gasteiger partial charge in [0.2, 0.25) is 0 Å². The fourth-order valence-corrected chi connectivity index (χ4v) is 4.01. The molecule has 164 valence electrons. The van der Waals surface area contributed by atoms with E-state index in [1.54, 1.807) is 7.11 Å². The lowest BCUT2D eigenvalue weighted by Gasteiger charge is -2.20. The molecule has 0 heterocycles. The van der Waals surface area contributed by atoms with Crippen molar-refractivity contribution in [3.8, 4) is 11.5 Å². The summed E-state index contributed by atoms with van der Waals surface area (Å²) < 4.78 is 11.0. The zero-order chi connectivity index (χ0) is 20.7. The quantitative estimate of drug-likeness (QED) is 0.621. The Hall–Kier alpha value is -1.91. The Bertz CT molecular complexity index is 579. The number of benzene rings is 1. The number of amides is 2. The molecule has 29 heavy (non-hydrogen) atoms. The zero-order valence-corrected chi connectivity index (χ0v) is 18.4. The largest absolute Gasteiger partial charge is 0.493 e. The lowest BCUT2D eigenvalue weighted by atomic mass is 9.98. The van der Waals surface area contributed by atoms with Crippen LogP contribution in [-0.4, -0.2) is 32.3 Å². The van der Waals surface area contributed by atoms with Crippen LogP contribution in [0.1, 0.15) is 83.1 Å². The molecule has 0 aromatic heterocycles. The van der Waals surface area contributed by atoms with E-state index in [9.17, 15) is 4.79 Å². The lowest BCUT2D eigenvalue weighted by Crippen LogP contribution is -2.42. The maximum atomic E-state index is 12.4. The van der Waals surface area contributed by atoms with Crippen LogP contribution in [0.2, 0.25) is 0 Å². The zero-order valence-electron chi connectivity index (χ0n) is 18.4. The number of carbonyl (C=O) groups excluding carboxylic acids is 1. The third-order valence-electron chi connectivity index (χ3n) is 5.67. The smallest absolute Gasteiger partial charge is 0.315 e. The average Bonchev–Trinajstić information content (AvgIpc) is 2.71. The second kappa shape index (κ2) is 14.1. The number of rotatable bonds is 7. The summed E-state index contributed by atoms with van der Waals surface area (Å²) in [4.78, 5) is 12.4. The van der Waals surface area contributed by atoms with Crippen molar-refractivity contribution < 1.29 is 14.3 Å². The predicted octanol–water partition coefficient (Wildman–Crippen LogP) is 5.61. The van der Waals surface area contributed by atoms with Gasteiger partial charge in [-0.2, -0.15) is 0 Å². The Morgan fingerprint density at radius 3 is 2.17 bits per heavy atom. The van der Waals surface area contributed by atoms with Crippen LogP contribution in [0.5, 0.6) is 11.5 Å². The number of hydrogen-bond acceptors (Lipinski definition) is 3. The summed E-state index contributed by atoms with van der Waals surface area (Å²) in [5, 5.41) is 6.23. The molecular weight excluding hydrogens is 364 g/mol. The predicted molar refractivity (Wildman–Crippen MR) is 119 cm³/mol. The van der Waals surface area contributed by atoms with Gasteiger partial charge in [-0.05, 0) is 43.9 Å². The molecule has 2 rings (SSSR count). The molecule has 1 aromatic carbocycles. The van der Waals surface area contributed by atoms with Gasteiger partial charge < -0.3 is 20.1 Å². The molecule has 0 aliphatic heterocycles. The highest BCUT2D eigenvalue weighted by Crippen LogP contribution is 2.28. The first-order valence-corrected chi connectivity index (χ1v) is 11.6. The maximum absolute atomic E-state index is 12.4. The van der Waals surface area contributed by atoms with Crippen molar-refractivity contribution in [1.82, 2.24) is 10.6 Å². The molecule has 1 saturated carbocycles. The average molecular weight is 405 g/mol. The summed E-state index contributed by atoms with van der Waals surface area (Å²) in [6.07, 6.45) is 14.8. The van der Waals surface area contributed by atoms with Crippen LogP contribution >= 0.6 is 0 Å². The van der Waals surface area contributed by atoms with E-state index in [1.807, 2.05) is 25.1 Å². The van der Waals surface area contributed by atoms with Gasteiger partial charge in [-0.15, -0.1) is 0 Å². The number of methoxy groups -OCH3 is 1. The summed E-state index contributed by atoms with van der Waals surface area (Å²) in [6, 6.07) is 6.21. The van der Waals surface area contributed by atoms with E-state index < -0.39 is 0 Å². The summed E-state index contributed by atoms with van der Waals surface area (Å²) in [5.74, 6) is 1.49. The van der Waals surface area contributed by atoms with Gasteiger partial charge in [-0.3, -0.25) is 0 Å². The molecule has 1 fully saturated rings. The van der Waals surface area contributed by atoms with Gasteiger partial charge in [-0.1, -0.05) is 63.9 Å². The molecule has 2 N–H and O–H groups in total. The second-order valence-corrected chi connectivity index (χ2v) is 8.02. The highest BCUT2D eigenvalue weighted by Gasteiger charge is 2.12. The highest BCUT2D eigenvalue weighted by molar-refractivity contribution is 5.74. The van der Waals surface area contributed by atoms with Crippen molar-refractivity contribution in [3.63, 3.8) is 0 Å². The van der Waals surface area contributed by atoms with Crippen LogP contribution in [-0.2, 0) is 6.42 Å². The molecule has 5 heteroatoms. The third kappa shape index (κ3) is 9.42. The van der Waals surface area contributed by atoms with E-state index in [4.69, 9.17) is 9.47 Å². The van der Waals surface area contributed by atoms with Gasteiger partial charge in [-0.25, -0.2) is 4.79 Å². The minimum Gasteiger partial charge on any atom is -0.493 e. The van der Waals surface area contributed by atoms with Crippen molar-refractivity contribution in [2.24, 2.45) is 0 Å². The van der Waals surface area contributed by atoms with Gasteiger partial charge in [0, 0.05) is 12.6 Å². The van der Waals surface area contributed by atoms with E-state index in [-0.39, 0.29) is 6.03 Å². The molecule has 1 aliphatic rings. The van der Waals surface area contributed by atoms with E-state index in [0.717, 1.165) is 36.3 Å². The fourth-order valence-electron chi connectivity index (χ4n) is 4.01. The molecule has 0 unspecified atom stereocenters. The Kier molecular flexibility index (Phi) is 11.4. The van der Waals surface area contributed by atoms with Gasteiger partial charge >= 0.3 is 6.03 Å². The van der Waals surface area contributed by atoms with Crippen molar-refractivity contribution in [1.29, 1.82) is 0 Å². The molecule has 0 bridgehead atoms. The Balaban J connectivity index is 1.74. The van der Waals surface area contributed by atoms with Crippen LogP contribution in [0.15, 0.2) is 18.2 Å². The highest BCUT2D eigenvalue weighted by atomic mass is 16.5. The SMILES string of the molecule is CCOc1ccc(CCNC(=O)NC2CCCCCCCCCCC2)cc1OC. The standard InChI is InChI=1S/C24H40N2O3/c1-3-29-22-16-15-20(19-23(22)28-2)17-18-25-24(27)26-21-13-11-9-7-5-4-6-8-10-12-14-21/h15-16,19,21H,3-14,17-18H2,1-2H3,(H2,25,26,27). The topological polar surface area (TPSA) is 59.6 Å². The van der Waals surface area contributed by atoms with Gasteiger partial charge in [0.25, 0.3) is 0 Å². The summed E-state index contributed by atoms with van der Waals surface area (Å²) in [7, 11) is 1.65. The Labute approximate surface area is 176 Å². The third-order valence-corrected chi connectivity index (χ3v) is 5.67. The van der Waals surface area contributed by atoms with Crippen LogP contribution in [0, 0.1) is 0 Å². The molecule has 0 spiro atoms. The van der Waals surface area contributed by atoms with Crippen LogP contribution in [0.4, 0.5) is 4.79 Å². The molecule has 2 amide bonds. The summed E-state index contributed by atoms with van der Waals surface area (Å²) >= 11 is 0. The fraction of sp³-hybridized carbons (Fsp3) is 0.708. The number of hydrogen-bond donors (Lipinski definition) is 2. The number of ether oxygens (including phenoxy) is 2. The van der Waals surface area contributed by atoms with E-state index in [2.05, 4.69) is 10.6 Å². The number of nitrogens with one attached hydrogen (secondary N) is 2. The molecule has 1 aromatic rings. The maximum Gasteiger partial charge on any atom is 0.315 e. The summed E-state index contributed by atoms with van der Waals surface area (Å²) in [6.45, 7) is 3.17. The van der Waals surface area contributed by atoms with E-state index in [0.29, 0.717) is 19.2 Å². The molecule has 5 nitrogen and oxygen atoms in total. The first-order valence-electron chi connectivity index (χ1n) is 11.6. The molecule has 0 radical (unpaired) electrons. The number of urea groups is 1. The van der Waals surface area contributed by atoms with Crippen molar-refractivity contribution in [2.75, 3.05) is 20.3 Å². The van der Waals surface area contributed by atoms with Crippen molar-refractivity contribution in [3.05, 3.63) is 23.8 Å². The first-order chi connectivity index (χ1) is 14.2. The van der Waals surface area contributed by atoms with Gasteiger partial charge in [0.15, 0.2) is 11.5 Å². The minimum absolute atomic E-state index is 0.0417. The minimum atomic E-state index is -0.0417. The Morgan fingerprint density at radius 2 is 1.59 bits per heavy atom. The molecule has 1 aliphatic carbocycles. The van der Waals surface area contributed by atoms with Gasteiger partial charge in [0.05, 0.1) is 13.7 Å².